The molecular formula is C14H19NO4S. The fourth-order valence-corrected chi connectivity index (χ4v) is 3.06. The van der Waals surface area contributed by atoms with Crippen molar-refractivity contribution in [2.75, 3.05) is 12.8 Å². The molecule has 2 unspecified atom stereocenters. The number of hydrogen-bond acceptors (Lipinski definition) is 4. The normalized spacial score (nSPS) is 22.7. The molecule has 0 bridgehead atoms. The first kappa shape index (κ1) is 15.0. The second-order valence-electron chi connectivity index (χ2n) is 5.34. The molecule has 1 aromatic rings. The molecule has 0 spiro atoms. The Bertz CT molecular complexity index is 580. The summed E-state index contributed by atoms with van der Waals surface area (Å²) in [6.07, 6.45) is 3.34. The molecule has 20 heavy (non-hydrogen) atoms. The van der Waals surface area contributed by atoms with E-state index in [0.29, 0.717) is 18.0 Å². The molecule has 5 nitrogen and oxygen atoms in total. The number of aliphatic hydroxyl groups excluding tert-OH is 1. The molecule has 0 saturated heterocycles. The van der Waals surface area contributed by atoms with Gasteiger partial charge in [-0.25, -0.2) is 8.42 Å². The standard InChI is InChI=1S/C14H19NO4S/c1-20(18,19)13-6-3-11(4-7-13)14(17)15-9-10-2-5-12(16)8-10/h3-4,6-7,10,12,16H,2,5,8-9H2,1H3,(H,15,17). The van der Waals surface area contributed by atoms with Gasteiger partial charge in [-0.1, -0.05) is 0 Å². The van der Waals surface area contributed by atoms with E-state index in [0.717, 1.165) is 25.5 Å². The van der Waals surface area contributed by atoms with Crippen LogP contribution in [-0.2, 0) is 9.84 Å². The number of sulfone groups is 1. The van der Waals surface area contributed by atoms with E-state index in [-0.39, 0.29) is 16.9 Å². The van der Waals surface area contributed by atoms with Crippen molar-refractivity contribution in [2.45, 2.75) is 30.3 Å². The molecule has 6 heteroatoms. The predicted octanol–water partition coefficient (Wildman–Crippen LogP) is 0.981. The maximum absolute atomic E-state index is 11.9. The molecule has 2 atom stereocenters. The molecule has 1 amide bonds. The summed E-state index contributed by atoms with van der Waals surface area (Å²) in [5, 5.41) is 12.2. The highest BCUT2D eigenvalue weighted by Gasteiger charge is 2.23. The summed E-state index contributed by atoms with van der Waals surface area (Å²) < 4.78 is 22.6. The van der Waals surface area contributed by atoms with Crippen molar-refractivity contribution in [3.8, 4) is 0 Å². The highest BCUT2D eigenvalue weighted by molar-refractivity contribution is 7.90. The van der Waals surface area contributed by atoms with Crippen LogP contribution < -0.4 is 5.32 Å². The molecule has 1 fully saturated rings. The number of rotatable bonds is 4. The van der Waals surface area contributed by atoms with Crippen molar-refractivity contribution in [3.63, 3.8) is 0 Å². The van der Waals surface area contributed by atoms with Crippen LogP contribution in [0.2, 0.25) is 0 Å². The van der Waals surface area contributed by atoms with Crippen molar-refractivity contribution < 1.29 is 18.3 Å². The zero-order chi connectivity index (χ0) is 14.8. The first-order valence-electron chi connectivity index (χ1n) is 6.62. The van der Waals surface area contributed by atoms with E-state index in [4.69, 9.17) is 0 Å². The number of amides is 1. The monoisotopic (exact) mass is 297 g/mol. The average Bonchev–Trinajstić information content (AvgIpc) is 2.81. The Kier molecular flexibility index (Phi) is 4.45. The summed E-state index contributed by atoms with van der Waals surface area (Å²) in [5.74, 6) is 0.107. The van der Waals surface area contributed by atoms with E-state index in [9.17, 15) is 18.3 Å². The zero-order valence-corrected chi connectivity index (χ0v) is 12.2. The van der Waals surface area contributed by atoms with Crippen molar-refractivity contribution in [1.82, 2.24) is 5.32 Å². The van der Waals surface area contributed by atoms with Crippen molar-refractivity contribution in [2.24, 2.45) is 5.92 Å². The molecule has 1 aromatic carbocycles. The third kappa shape index (κ3) is 3.80. The Morgan fingerprint density at radius 2 is 1.95 bits per heavy atom. The molecule has 1 aliphatic rings. The molecule has 1 aliphatic carbocycles. The summed E-state index contributed by atoms with van der Waals surface area (Å²) in [7, 11) is -3.24. The van der Waals surface area contributed by atoms with Gasteiger partial charge in [0.25, 0.3) is 5.91 Å². The lowest BCUT2D eigenvalue weighted by atomic mass is 10.1. The summed E-state index contributed by atoms with van der Waals surface area (Å²) in [6, 6.07) is 5.89. The topological polar surface area (TPSA) is 83.5 Å². The van der Waals surface area contributed by atoms with E-state index in [1.165, 1.54) is 24.3 Å². The van der Waals surface area contributed by atoms with Gasteiger partial charge >= 0.3 is 0 Å². The minimum Gasteiger partial charge on any atom is -0.393 e. The van der Waals surface area contributed by atoms with Gasteiger partial charge in [-0.3, -0.25) is 4.79 Å². The number of nitrogens with one attached hydrogen (secondary N) is 1. The summed E-state index contributed by atoms with van der Waals surface area (Å²) in [5.41, 5.74) is 0.441. The first-order valence-corrected chi connectivity index (χ1v) is 8.52. The van der Waals surface area contributed by atoms with Crippen LogP contribution in [0.25, 0.3) is 0 Å². The number of benzene rings is 1. The van der Waals surface area contributed by atoms with Crippen LogP contribution in [0.15, 0.2) is 29.2 Å². The van der Waals surface area contributed by atoms with Gasteiger partial charge in [0, 0.05) is 18.4 Å². The Hall–Kier alpha value is -1.40. The second-order valence-corrected chi connectivity index (χ2v) is 7.36. The first-order chi connectivity index (χ1) is 9.36. The molecule has 2 N–H and O–H groups in total. The van der Waals surface area contributed by atoms with Gasteiger partial charge in [0.15, 0.2) is 9.84 Å². The number of hydrogen-bond donors (Lipinski definition) is 2. The second kappa shape index (κ2) is 5.93. The molecule has 0 radical (unpaired) electrons. The maximum Gasteiger partial charge on any atom is 0.251 e. The van der Waals surface area contributed by atoms with Crippen LogP contribution >= 0.6 is 0 Å². The van der Waals surface area contributed by atoms with E-state index >= 15 is 0 Å². The smallest absolute Gasteiger partial charge is 0.251 e. The zero-order valence-electron chi connectivity index (χ0n) is 11.4. The maximum atomic E-state index is 11.9. The van der Waals surface area contributed by atoms with Crippen LogP contribution in [0.4, 0.5) is 0 Å². The largest absolute Gasteiger partial charge is 0.393 e. The van der Waals surface area contributed by atoms with Crippen molar-refractivity contribution in [1.29, 1.82) is 0 Å². The lowest BCUT2D eigenvalue weighted by molar-refractivity contribution is 0.0945. The Morgan fingerprint density at radius 3 is 2.45 bits per heavy atom. The van der Waals surface area contributed by atoms with Crippen LogP contribution in [-0.4, -0.2) is 38.3 Å². The lowest BCUT2D eigenvalue weighted by Gasteiger charge is -2.11. The minimum atomic E-state index is -3.24. The summed E-state index contributed by atoms with van der Waals surface area (Å²) in [6.45, 7) is 0.545. The molecule has 0 heterocycles. The Labute approximate surface area is 118 Å². The quantitative estimate of drug-likeness (QED) is 0.868. The molecule has 1 saturated carbocycles. The highest BCUT2D eigenvalue weighted by atomic mass is 32.2. The number of carbonyl (C=O) groups excluding carboxylic acids is 1. The van der Waals surface area contributed by atoms with Crippen molar-refractivity contribution >= 4 is 15.7 Å². The third-order valence-electron chi connectivity index (χ3n) is 3.61. The van der Waals surface area contributed by atoms with Crippen LogP contribution in [0.1, 0.15) is 29.6 Å². The van der Waals surface area contributed by atoms with Crippen LogP contribution in [0, 0.1) is 5.92 Å². The molecule has 110 valence electrons. The minimum absolute atomic E-state index is 0.202. The molecule has 0 aromatic heterocycles. The number of aliphatic hydroxyl groups is 1. The third-order valence-corrected chi connectivity index (χ3v) is 4.74. The molecular weight excluding hydrogens is 278 g/mol. The Balaban J connectivity index is 1.92. The summed E-state index contributed by atoms with van der Waals surface area (Å²) in [4.78, 5) is 12.1. The predicted molar refractivity (Wildman–Crippen MR) is 75.2 cm³/mol. The van der Waals surface area contributed by atoms with Gasteiger partial charge in [-0.15, -0.1) is 0 Å². The van der Waals surface area contributed by atoms with E-state index in [2.05, 4.69) is 5.32 Å². The average molecular weight is 297 g/mol. The SMILES string of the molecule is CS(=O)(=O)c1ccc(C(=O)NCC2CCC(O)C2)cc1. The van der Waals surface area contributed by atoms with E-state index in [1.54, 1.807) is 0 Å². The van der Waals surface area contributed by atoms with Crippen LogP contribution in [0.3, 0.4) is 0 Å². The van der Waals surface area contributed by atoms with Gasteiger partial charge in [0.2, 0.25) is 0 Å². The van der Waals surface area contributed by atoms with Crippen molar-refractivity contribution in [3.05, 3.63) is 29.8 Å². The lowest BCUT2D eigenvalue weighted by Crippen LogP contribution is -2.28. The Morgan fingerprint density at radius 1 is 1.30 bits per heavy atom. The molecule has 2 rings (SSSR count). The van der Waals surface area contributed by atoms with Gasteiger partial charge in [0.05, 0.1) is 11.0 Å². The number of carbonyl (C=O) groups is 1. The van der Waals surface area contributed by atoms with E-state index < -0.39 is 9.84 Å². The van der Waals surface area contributed by atoms with Gasteiger partial charge in [-0.2, -0.15) is 0 Å². The van der Waals surface area contributed by atoms with Gasteiger partial charge in [0.1, 0.15) is 0 Å². The fraction of sp³-hybridized carbons (Fsp3) is 0.500. The van der Waals surface area contributed by atoms with Gasteiger partial charge in [-0.05, 0) is 49.4 Å². The highest BCUT2D eigenvalue weighted by Crippen LogP contribution is 2.24. The summed E-state index contributed by atoms with van der Waals surface area (Å²) >= 11 is 0. The van der Waals surface area contributed by atoms with E-state index in [1.807, 2.05) is 0 Å². The van der Waals surface area contributed by atoms with Gasteiger partial charge < -0.3 is 10.4 Å². The fourth-order valence-electron chi connectivity index (χ4n) is 2.43. The molecule has 0 aliphatic heterocycles. The van der Waals surface area contributed by atoms with Crippen LogP contribution in [0.5, 0.6) is 0 Å².